The first-order valence-corrected chi connectivity index (χ1v) is 15.4. The minimum atomic E-state index is -2.29. The standard InChI is InChI=1S/C36H37F2NO6/c1-33-13-12-24(41)15-27(33)28(37)16-26-25-17-31-36(30(43)19-40,34(25,2)18-29(42)35(26,33)38)45-32(44-31)22-10-8-20(9-11-22)6-7-21-4-3-5-23(39)14-21/h3-15,25-26,28-29,31-32,40,42H,16-19,39H2,1-2H3/b7-6+/t25-,26?,28-,29-,31+,32-,33-,34-,35-,36+/m0/s1. The molecule has 236 valence electrons. The molecule has 0 bridgehead atoms. The first kappa shape index (κ1) is 30.2. The van der Waals surface area contributed by atoms with Crippen LogP contribution in [-0.4, -0.2) is 58.0 Å². The molecule has 45 heavy (non-hydrogen) atoms. The molecule has 0 radical (unpaired) electrons. The van der Waals surface area contributed by atoms with Crippen LogP contribution in [0.25, 0.3) is 12.2 Å². The van der Waals surface area contributed by atoms with E-state index in [1.54, 1.807) is 6.92 Å². The third-order valence-corrected chi connectivity index (χ3v) is 11.5. The van der Waals surface area contributed by atoms with Gasteiger partial charge in [-0.25, -0.2) is 8.78 Å². The zero-order valence-corrected chi connectivity index (χ0v) is 25.2. The van der Waals surface area contributed by atoms with Crippen LogP contribution in [0.5, 0.6) is 0 Å². The molecule has 10 atom stereocenters. The van der Waals surface area contributed by atoms with Crippen molar-refractivity contribution in [1.82, 2.24) is 0 Å². The molecule has 1 aliphatic heterocycles. The predicted octanol–water partition coefficient (Wildman–Crippen LogP) is 5.08. The van der Waals surface area contributed by atoms with Crippen molar-refractivity contribution in [1.29, 1.82) is 0 Å². The number of hydrogen-bond donors (Lipinski definition) is 3. The van der Waals surface area contributed by atoms with Gasteiger partial charge in [0.2, 0.25) is 0 Å². The second kappa shape index (κ2) is 10.3. The number of aliphatic hydroxyl groups is 2. The maximum absolute atomic E-state index is 17.5. The number of hydrogen-bond acceptors (Lipinski definition) is 7. The molecule has 2 aromatic rings. The summed E-state index contributed by atoms with van der Waals surface area (Å²) in [7, 11) is 0. The van der Waals surface area contributed by atoms with E-state index < -0.39 is 76.8 Å². The lowest BCUT2D eigenvalue weighted by Gasteiger charge is -2.63. The number of carbonyl (C=O) groups excluding carboxylic acids is 2. The van der Waals surface area contributed by atoms with Crippen LogP contribution in [0.1, 0.15) is 56.1 Å². The van der Waals surface area contributed by atoms with Crippen LogP contribution in [0.3, 0.4) is 0 Å². The van der Waals surface area contributed by atoms with Gasteiger partial charge in [-0.05, 0) is 73.1 Å². The van der Waals surface area contributed by atoms with E-state index in [9.17, 15) is 19.8 Å². The summed E-state index contributed by atoms with van der Waals surface area (Å²) in [5.41, 5.74) is 2.44. The van der Waals surface area contributed by atoms with Crippen LogP contribution in [-0.2, 0) is 19.1 Å². The molecule has 1 unspecified atom stereocenters. The second-order valence-electron chi connectivity index (χ2n) is 13.7. The Labute approximate surface area is 260 Å². The summed E-state index contributed by atoms with van der Waals surface area (Å²) in [6.07, 6.45) is 2.44. The highest BCUT2D eigenvalue weighted by Gasteiger charge is 2.80. The Hall–Kier alpha value is -3.50. The van der Waals surface area contributed by atoms with Crippen molar-refractivity contribution in [3.8, 4) is 0 Å². The van der Waals surface area contributed by atoms with Crippen LogP contribution in [0.2, 0.25) is 0 Å². The Kier molecular flexibility index (Phi) is 6.87. The van der Waals surface area contributed by atoms with Gasteiger partial charge in [0, 0.05) is 28.0 Å². The topological polar surface area (TPSA) is 119 Å². The van der Waals surface area contributed by atoms with Gasteiger partial charge in [0.1, 0.15) is 12.8 Å². The van der Waals surface area contributed by atoms with E-state index in [1.807, 2.05) is 60.7 Å². The number of ether oxygens (including phenoxy) is 2. The minimum absolute atomic E-state index is 0.0366. The molecule has 1 saturated heterocycles. The summed E-state index contributed by atoms with van der Waals surface area (Å²) in [5.74, 6) is -2.62. The van der Waals surface area contributed by atoms with Crippen molar-refractivity contribution in [2.75, 3.05) is 12.3 Å². The molecular formula is C36H37F2NO6. The van der Waals surface area contributed by atoms with Gasteiger partial charge in [0.25, 0.3) is 0 Å². The number of allylic oxidation sites excluding steroid dienone is 4. The van der Waals surface area contributed by atoms with Crippen molar-refractivity contribution >= 4 is 29.4 Å². The van der Waals surface area contributed by atoms with Crippen LogP contribution < -0.4 is 5.73 Å². The molecule has 5 aliphatic rings. The Bertz CT molecular complexity index is 1650. The monoisotopic (exact) mass is 617 g/mol. The molecule has 1 heterocycles. The van der Waals surface area contributed by atoms with Crippen molar-refractivity contribution in [2.45, 2.75) is 69.0 Å². The molecule has 0 spiro atoms. The van der Waals surface area contributed by atoms with Gasteiger partial charge in [-0.15, -0.1) is 0 Å². The quantitative estimate of drug-likeness (QED) is 0.316. The van der Waals surface area contributed by atoms with E-state index in [2.05, 4.69) is 0 Å². The van der Waals surface area contributed by atoms with E-state index in [0.29, 0.717) is 11.3 Å². The van der Waals surface area contributed by atoms with E-state index in [4.69, 9.17) is 15.2 Å². The highest BCUT2D eigenvalue weighted by Crippen LogP contribution is 2.72. The van der Waals surface area contributed by atoms with Crippen LogP contribution in [0.15, 0.2) is 72.3 Å². The number of benzene rings is 2. The van der Waals surface area contributed by atoms with Crippen LogP contribution in [0, 0.1) is 22.7 Å². The number of rotatable bonds is 5. The largest absolute Gasteiger partial charge is 0.399 e. The minimum Gasteiger partial charge on any atom is -0.399 e. The zero-order valence-electron chi connectivity index (χ0n) is 25.2. The number of aliphatic hydroxyl groups excluding tert-OH is 2. The number of anilines is 1. The van der Waals surface area contributed by atoms with Gasteiger partial charge in [-0.2, -0.15) is 0 Å². The lowest BCUT2D eigenvalue weighted by atomic mass is 9.44. The molecule has 0 aromatic heterocycles. The number of carbonyl (C=O) groups is 2. The van der Waals surface area contributed by atoms with Crippen molar-refractivity contribution < 1.29 is 38.1 Å². The molecular weight excluding hydrogens is 580 g/mol. The Morgan fingerprint density at radius 3 is 2.53 bits per heavy atom. The highest BCUT2D eigenvalue weighted by atomic mass is 19.1. The van der Waals surface area contributed by atoms with Gasteiger partial charge in [0.05, 0.1) is 12.2 Å². The van der Waals surface area contributed by atoms with E-state index in [1.165, 1.54) is 19.1 Å². The van der Waals surface area contributed by atoms with Gasteiger partial charge < -0.3 is 25.4 Å². The smallest absolute Gasteiger partial charge is 0.193 e. The number of ketones is 2. The third kappa shape index (κ3) is 4.07. The van der Waals surface area contributed by atoms with Crippen molar-refractivity contribution in [3.05, 3.63) is 89.0 Å². The number of nitrogen functional groups attached to an aromatic ring is 1. The van der Waals surface area contributed by atoms with Crippen LogP contribution >= 0.6 is 0 Å². The molecule has 7 rings (SSSR count). The van der Waals surface area contributed by atoms with Gasteiger partial charge in [-0.3, -0.25) is 9.59 Å². The Balaban J connectivity index is 1.20. The highest BCUT2D eigenvalue weighted by molar-refractivity contribution is 6.01. The lowest BCUT2D eigenvalue weighted by molar-refractivity contribution is -0.235. The number of fused-ring (bicyclic) bond motifs is 7. The summed E-state index contributed by atoms with van der Waals surface area (Å²) < 4.78 is 46.3. The fourth-order valence-corrected chi connectivity index (χ4v) is 9.33. The van der Waals surface area contributed by atoms with Gasteiger partial charge in [-0.1, -0.05) is 61.5 Å². The normalized spacial score (nSPS) is 41.7. The summed E-state index contributed by atoms with van der Waals surface area (Å²) >= 11 is 0. The SMILES string of the molecule is C[C@]12C=CC(=O)C=C1[C@@H](F)CC1[C@@H]3C[C@H]4O[C@H](c5ccc(/C=C/c6cccc(N)c6)cc5)O[C@@]4(C(=O)CO)[C@@]3(C)C[C@H](O)[C@@]12F. The summed E-state index contributed by atoms with van der Waals surface area (Å²) in [4.78, 5) is 25.8. The third-order valence-electron chi connectivity index (χ3n) is 11.5. The molecule has 4 N–H and O–H groups in total. The maximum atomic E-state index is 17.5. The first-order chi connectivity index (χ1) is 21.4. The average molecular weight is 618 g/mol. The molecule has 3 saturated carbocycles. The summed E-state index contributed by atoms with van der Waals surface area (Å²) in [6, 6.07) is 15.0. The van der Waals surface area contributed by atoms with Crippen LogP contribution in [0.4, 0.5) is 14.5 Å². The Morgan fingerprint density at radius 1 is 1.09 bits per heavy atom. The number of nitrogens with two attached hydrogens (primary N) is 1. The first-order valence-electron chi connectivity index (χ1n) is 15.4. The van der Waals surface area contributed by atoms with E-state index in [0.717, 1.165) is 17.2 Å². The summed E-state index contributed by atoms with van der Waals surface area (Å²) in [5, 5.41) is 21.8. The number of Topliss-reactive ketones (excluding diaryl/α,β-unsaturated/α-hetero) is 1. The van der Waals surface area contributed by atoms with Gasteiger partial charge >= 0.3 is 0 Å². The fraction of sp³-hybridized carbons (Fsp3) is 0.444. The molecule has 0 amide bonds. The predicted molar refractivity (Wildman–Crippen MR) is 164 cm³/mol. The summed E-state index contributed by atoms with van der Waals surface area (Å²) in [6.45, 7) is 2.48. The van der Waals surface area contributed by atoms with Crippen molar-refractivity contribution in [2.24, 2.45) is 22.7 Å². The van der Waals surface area contributed by atoms with Gasteiger partial charge in [0.15, 0.2) is 29.1 Å². The Morgan fingerprint density at radius 2 is 1.82 bits per heavy atom. The average Bonchev–Trinajstić information content (AvgIpc) is 3.52. The molecule has 4 aliphatic carbocycles. The zero-order chi connectivity index (χ0) is 31.9. The van der Waals surface area contributed by atoms with E-state index in [-0.39, 0.29) is 24.8 Å². The number of alkyl halides is 2. The van der Waals surface area contributed by atoms with Crippen molar-refractivity contribution in [3.63, 3.8) is 0 Å². The molecule has 7 nitrogen and oxygen atoms in total. The lowest BCUT2D eigenvalue weighted by Crippen LogP contribution is -2.70. The maximum Gasteiger partial charge on any atom is 0.193 e. The molecule has 2 aromatic carbocycles. The molecule has 9 heteroatoms. The second-order valence-corrected chi connectivity index (χ2v) is 13.7. The van der Waals surface area contributed by atoms with E-state index >= 15 is 8.78 Å². The molecule has 4 fully saturated rings. The number of halogens is 2. The fourth-order valence-electron chi connectivity index (χ4n) is 9.33.